The standard InChI is InChI=1S/C53H76Br2N2O17/c1-11-13-15-16-40(63)50(7,30-52(9,54)43(66)56-35(42(64)65)24-33-17-19-36(59)38(61)25-33)28-48(3,4)45(68)72-22-23-73-46(69)49(5,6)29-51(8,47(70)71-21-14-12-2)31-53(10,55)44(67)57-41(74-32-58)27-34-18-20-37(60)39(62)26-34/h17-20,25-26,32,35,41,59-62H,11-16,21-24,27-31H2,1-10H3,(H,56,66)(H,57,67)(H,64,65). The number of carbonyl (C=O) groups is 8. The van der Waals surface area contributed by atoms with Crippen LogP contribution in [0.2, 0.25) is 0 Å². The number of halogens is 2. The first-order valence-corrected chi connectivity index (χ1v) is 26.2. The Morgan fingerprint density at radius 2 is 1.03 bits per heavy atom. The van der Waals surface area contributed by atoms with E-state index in [9.17, 15) is 63.9 Å². The maximum absolute atomic E-state index is 14.1. The molecule has 0 aliphatic heterocycles. The number of hydrogen-bond acceptors (Lipinski definition) is 16. The molecule has 0 aromatic heterocycles. The lowest BCUT2D eigenvalue weighted by atomic mass is 9.66. The molecule has 0 saturated carbocycles. The molecule has 2 rings (SSSR count). The van der Waals surface area contributed by atoms with Gasteiger partial charge in [-0.05, 0) is 122 Å². The fraction of sp³-hybridized carbons (Fsp3) is 0.623. The highest BCUT2D eigenvalue weighted by atomic mass is 79.9. The number of ether oxygens (including phenoxy) is 4. The number of hydrogen-bond donors (Lipinski definition) is 7. The Balaban J connectivity index is 2.23. The summed E-state index contributed by atoms with van der Waals surface area (Å²) in [6.07, 6.45) is 1.39. The van der Waals surface area contributed by atoms with Crippen LogP contribution in [0.4, 0.5) is 0 Å². The van der Waals surface area contributed by atoms with Crippen molar-refractivity contribution in [3.8, 4) is 23.0 Å². The Morgan fingerprint density at radius 3 is 1.49 bits per heavy atom. The molecule has 0 aliphatic rings. The van der Waals surface area contributed by atoms with Gasteiger partial charge in [-0.2, -0.15) is 0 Å². The number of phenolic OH excluding ortho intramolecular Hbond substituents is 4. The van der Waals surface area contributed by atoms with Crippen LogP contribution in [0, 0.1) is 21.7 Å². The van der Waals surface area contributed by atoms with Gasteiger partial charge in [-0.25, -0.2) is 4.79 Å². The number of aromatic hydroxyl groups is 4. The van der Waals surface area contributed by atoms with E-state index in [4.69, 9.17) is 18.9 Å². The van der Waals surface area contributed by atoms with Gasteiger partial charge in [-0.15, -0.1) is 0 Å². The summed E-state index contributed by atoms with van der Waals surface area (Å²) in [6, 6.07) is 6.29. The van der Waals surface area contributed by atoms with Crippen molar-refractivity contribution in [1.82, 2.24) is 10.6 Å². The quantitative estimate of drug-likeness (QED) is 0.00677. The summed E-state index contributed by atoms with van der Waals surface area (Å²) in [7, 11) is 0. The number of esters is 3. The van der Waals surface area contributed by atoms with E-state index in [0.717, 1.165) is 19.3 Å². The van der Waals surface area contributed by atoms with Crippen LogP contribution < -0.4 is 10.6 Å². The Kier molecular flexibility index (Phi) is 24.4. The third-order valence-corrected chi connectivity index (χ3v) is 14.0. The summed E-state index contributed by atoms with van der Waals surface area (Å²) in [4.78, 5) is 107. The molecule has 2 aromatic carbocycles. The average Bonchev–Trinajstić information content (AvgIpc) is 3.29. The number of nitrogens with one attached hydrogen (secondary N) is 2. The number of carboxylic acid groups (broad SMARTS) is 1. The van der Waals surface area contributed by atoms with E-state index in [2.05, 4.69) is 42.5 Å². The predicted molar refractivity (Wildman–Crippen MR) is 279 cm³/mol. The Morgan fingerprint density at radius 1 is 0.581 bits per heavy atom. The molecule has 0 saturated heterocycles. The molecule has 0 spiro atoms. The molecular formula is C53H76Br2N2O17. The lowest BCUT2D eigenvalue weighted by molar-refractivity contribution is -0.168. The molecule has 19 nitrogen and oxygen atoms in total. The van der Waals surface area contributed by atoms with Crippen molar-refractivity contribution >= 4 is 79.8 Å². The van der Waals surface area contributed by atoms with Crippen LogP contribution in [0.5, 0.6) is 23.0 Å². The minimum atomic E-state index is -1.52. The van der Waals surface area contributed by atoms with Crippen molar-refractivity contribution < 1.29 is 82.8 Å². The highest BCUT2D eigenvalue weighted by Crippen LogP contribution is 2.46. The number of phenols is 4. The summed E-state index contributed by atoms with van der Waals surface area (Å²) in [5.41, 5.74) is -4.82. The summed E-state index contributed by atoms with van der Waals surface area (Å²) in [6.45, 7) is 15.8. The first-order valence-electron chi connectivity index (χ1n) is 24.6. The average molecular weight is 1170 g/mol. The number of amides is 2. The summed E-state index contributed by atoms with van der Waals surface area (Å²) < 4.78 is 18.9. The molecule has 0 aliphatic carbocycles. The van der Waals surface area contributed by atoms with E-state index < -0.39 is 102 Å². The molecule has 2 amide bonds. The zero-order valence-corrected chi connectivity index (χ0v) is 47.4. The second kappa shape index (κ2) is 27.9. The number of carboxylic acids is 1. The zero-order chi connectivity index (χ0) is 56.5. The minimum Gasteiger partial charge on any atom is -0.504 e. The van der Waals surface area contributed by atoms with Crippen LogP contribution >= 0.6 is 31.9 Å². The van der Waals surface area contributed by atoms with Crippen molar-refractivity contribution in [3.05, 3.63) is 47.5 Å². The fourth-order valence-corrected chi connectivity index (χ4v) is 10.5. The Labute approximate surface area is 450 Å². The van der Waals surface area contributed by atoms with Gasteiger partial charge in [0, 0.05) is 24.7 Å². The van der Waals surface area contributed by atoms with Gasteiger partial charge in [0.25, 0.3) is 6.47 Å². The highest BCUT2D eigenvalue weighted by molar-refractivity contribution is 9.10. The van der Waals surface area contributed by atoms with Crippen LogP contribution in [-0.2, 0) is 70.1 Å². The minimum absolute atomic E-state index is 0.0813. The lowest BCUT2D eigenvalue weighted by Gasteiger charge is -2.39. The van der Waals surface area contributed by atoms with E-state index in [0.29, 0.717) is 24.0 Å². The molecular weight excluding hydrogens is 1100 g/mol. The smallest absolute Gasteiger partial charge is 0.326 e. The second-order valence-corrected chi connectivity index (χ2v) is 24.7. The second-order valence-electron chi connectivity index (χ2n) is 21.2. The van der Waals surface area contributed by atoms with E-state index in [1.54, 1.807) is 41.5 Å². The fourth-order valence-electron chi connectivity index (χ4n) is 9.02. The van der Waals surface area contributed by atoms with Crippen molar-refractivity contribution in [1.29, 1.82) is 0 Å². The van der Waals surface area contributed by atoms with Crippen molar-refractivity contribution in [3.63, 3.8) is 0 Å². The highest BCUT2D eigenvalue weighted by Gasteiger charge is 2.51. The molecule has 0 heterocycles. The van der Waals surface area contributed by atoms with Crippen LogP contribution in [-0.4, -0.2) is 114 Å². The van der Waals surface area contributed by atoms with Gasteiger partial charge >= 0.3 is 23.9 Å². The van der Waals surface area contributed by atoms with Crippen molar-refractivity contribution in [2.24, 2.45) is 21.7 Å². The Hall–Kier alpha value is -5.44. The largest absolute Gasteiger partial charge is 0.504 e. The molecule has 7 N–H and O–H groups in total. The van der Waals surface area contributed by atoms with Gasteiger partial charge in [-0.1, -0.05) is 84.0 Å². The van der Waals surface area contributed by atoms with Crippen LogP contribution in [0.15, 0.2) is 36.4 Å². The molecule has 0 bridgehead atoms. The van der Waals surface area contributed by atoms with E-state index in [1.165, 1.54) is 50.2 Å². The zero-order valence-electron chi connectivity index (χ0n) is 44.2. The van der Waals surface area contributed by atoms with Crippen LogP contribution in [0.3, 0.4) is 0 Å². The van der Waals surface area contributed by atoms with Gasteiger partial charge in [0.1, 0.15) is 33.7 Å². The molecule has 0 fully saturated rings. The number of unbranched alkanes of at least 4 members (excludes halogenated alkanes) is 3. The number of alkyl halides is 2. The maximum atomic E-state index is 14.1. The van der Waals surface area contributed by atoms with E-state index >= 15 is 0 Å². The van der Waals surface area contributed by atoms with E-state index in [-0.39, 0.29) is 76.2 Å². The van der Waals surface area contributed by atoms with Crippen molar-refractivity contribution in [2.45, 2.75) is 167 Å². The number of rotatable bonds is 33. The SMILES string of the molecule is CCCCCC(=O)C(C)(CC(C)(C)C(=O)OCCOC(=O)C(C)(C)CC(C)(CC(C)(Br)C(=O)NC(Cc1ccc(O)c(O)c1)OC=O)C(=O)OCCCC)CC(C)(Br)C(=O)NC(Cc1ccc(O)c(O)c1)C(=O)O. The molecule has 0 radical (unpaired) electrons. The lowest BCUT2D eigenvalue weighted by Crippen LogP contribution is -2.52. The molecule has 21 heteroatoms. The van der Waals surface area contributed by atoms with Gasteiger partial charge in [-0.3, -0.25) is 33.6 Å². The molecule has 2 aromatic rings. The number of ketones is 1. The summed E-state index contributed by atoms with van der Waals surface area (Å²) in [5, 5.41) is 54.4. The third-order valence-electron chi connectivity index (χ3n) is 12.7. The van der Waals surface area contributed by atoms with Gasteiger partial charge in [0.15, 0.2) is 29.2 Å². The van der Waals surface area contributed by atoms with Crippen molar-refractivity contribution in [2.75, 3.05) is 19.8 Å². The molecule has 6 unspecified atom stereocenters. The Bertz CT molecular complexity index is 2300. The number of aliphatic carboxylic acids is 1. The molecule has 74 heavy (non-hydrogen) atoms. The topological polar surface area (TPSA) is 299 Å². The number of carbonyl (C=O) groups excluding carboxylic acids is 7. The monoisotopic (exact) mass is 1170 g/mol. The van der Waals surface area contributed by atoms with Gasteiger partial charge in [0.2, 0.25) is 11.8 Å². The molecule has 414 valence electrons. The number of Topliss-reactive ketones (excluding diaryl/α,β-unsaturated/α-hetero) is 1. The summed E-state index contributed by atoms with van der Waals surface area (Å²) >= 11 is 6.92. The number of benzene rings is 2. The van der Waals surface area contributed by atoms with Gasteiger partial charge in [0.05, 0.1) is 22.9 Å². The normalized spacial score (nSPS) is 15.8. The predicted octanol–water partition coefficient (Wildman–Crippen LogP) is 7.99. The van der Waals surface area contributed by atoms with Crippen LogP contribution in [0.1, 0.15) is 145 Å². The first kappa shape index (κ1) is 64.7. The summed E-state index contributed by atoms with van der Waals surface area (Å²) in [5.74, 6) is -6.83. The maximum Gasteiger partial charge on any atom is 0.326 e. The molecule has 6 atom stereocenters. The van der Waals surface area contributed by atoms with Gasteiger partial charge < -0.3 is 55.1 Å². The van der Waals surface area contributed by atoms with Crippen LogP contribution in [0.25, 0.3) is 0 Å². The van der Waals surface area contributed by atoms with E-state index in [1.807, 2.05) is 13.8 Å². The third kappa shape index (κ3) is 19.7. The first-order chi connectivity index (χ1) is 34.2.